The molecule has 1 atom stereocenters. The molecule has 88 valence electrons. The van der Waals surface area contributed by atoms with Gasteiger partial charge in [0.25, 0.3) is 0 Å². The molecule has 0 radical (unpaired) electrons. The molecule has 0 aliphatic carbocycles. The van der Waals surface area contributed by atoms with E-state index in [9.17, 15) is 4.79 Å². The Balaban J connectivity index is 4.54. The van der Waals surface area contributed by atoms with Gasteiger partial charge < -0.3 is 4.74 Å². The van der Waals surface area contributed by atoms with Gasteiger partial charge in [-0.25, -0.2) is 4.79 Å². The first-order valence-corrected chi connectivity index (χ1v) is 8.86. The summed E-state index contributed by atoms with van der Waals surface area (Å²) < 4.78 is 5.18. The average molecular weight is 236 g/mol. The monoisotopic (exact) mass is 236 g/mol. The molecule has 16 heavy (non-hydrogen) atoms. The van der Waals surface area contributed by atoms with Crippen LogP contribution in [-0.2, 0) is 9.53 Å². The molecular weight excluding hydrogens is 216 g/mol. The maximum Gasteiger partial charge on any atom is 0.331 e. The van der Waals surface area contributed by atoms with Crippen LogP contribution in [0.4, 0.5) is 0 Å². The van der Waals surface area contributed by atoms with Crippen LogP contribution >= 0.6 is 0 Å². The fourth-order valence-electron chi connectivity index (χ4n) is 0.900. The van der Waals surface area contributed by atoms with E-state index in [0.29, 0.717) is 6.42 Å². The Morgan fingerprint density at radius 1 is 1.50 bits per heavy atom. The lowest BCUT2D eigenvalue weighted by atomic mass is 10.2. The topological polar surface area (TPSA) is 26.3 Å². The maximum absolute atomic E-state index is 11.3. The van der Waals surface area contributed by atoms with Crippen molar-refractivity contribution in [3.8, 4) is 11.5 Å². The van der Waals surface area contributed by atoms with Gasteiger partial charge in [-0.15, -0.1) is 12.1 Å². The number of carbonyl (C=O) groups excluding carboxylic acids is 1. The van der Waals surface area contributed by atoms with Crippen LogP contribution in [0.3, 0.4) is 0 Å². The molecule has 0 aliphatic heterocycles. The SMILES string of the molecule is C=CC[C@@H](C#C[Si](C)(C)C)OC(=O)/C=C/C. The minimum Gasteiger partial charge on any atom is -0.446 e. The fourth-order valence-corrected chi connectivity index (χ4v) is 1.49. The van der Waals surface area contributed by atoms with Crippen LogP contribution in [0.5, 0.6) is 0 Å². The summed E-state index contributed by atoms with van der Waals surface area (Å²) in [5.41, 5.74) is 3.19. The van der Waals surface area contributed by atoms with Gasteiger partial charge in [0.2, 0.25) is 0 Å². The van der Waals surface area contributed by atoms with Crippen molar-refractivity contribution in [3.63, 3.8) is 0 Å². The predicted octanol–water partition coefficient (Wildman–Crippen LogP) is 2.93. The Labute approximate surface area is 99.4 Å². The quantitative estimate of drug-likeness (QED) is 0.247. The van der Waals surface area contributed by atoms with Crippen molar-refractivity contribution in [2.24, 2.45) is 0 Å². The van der Waals surface area contributed by atoms with Crippen LogP contribution in [0.2, 0.25) is 19.6 Å². The second kappa shape index (κ2) is 7.08. The number of ether oxygens (including phenoxy) is 1. The Morgan fingerprint density at radius 3 is 2.56 bits per heavy atom. The van der Waals surface area contributed by atoms with Crippen LogP contribution < -0.4 is 0 Å². The molecule has 0 aromatic carbocycles. The summed E-state index contributed by atoms with van der Waals surface area (Å²) in [7, 11) is -1.42. The van der Waals surface area contributed by atoms with E-state index in [0.717, 1.165) is 0 Å². The second-order valence-electron chi connectivity index (χ2n) is 4.47. The van der Waals surface area contributed by atoms with Gasteiger partial charge in [0.05, 0.1) is 0 Å². The van der Waals surface area contributed by atoms with Crippen molar-refractivity contribution in [1.82, 2.24) is 0 Å². The number of hydrogen-bond donors (Lipinski definition) is 0. The highest BCUT2D eigenvalue weighted by atomic mass is 28.3. The molecule has 0 bridgehead atoms. The first kappa shape index (κ1) is 14.7. The highest BCUT2D eigenvalue weighted by molar-refractivity contribution is 6.83. The highest BCUT2D eigenvalue weighted by Gasteiger charge is 2.11. The third-order valence-corrected chi connectivity index (χ3v) is 2.44. The molecule has 0 saturated carbocycles. The summed E-state index contributed by atoms with van der Waals surface area (Å²) in [5, 5.41) is 0. The average Bonchev–Trinajstić information content (AvgIpc) is 2.14. The second-order valence-corrected chi connectivity index (χ2v) is 9.22. The van der Waals surface area contributed by atoms with Gasteiger partial charge in [-0.05, 0) is 6.92 Å². The lowest BCUT2D eigenvalue weighted by Crippen LogP contribution is -2.20. The standard InChI is InChI=1S/C13H20O2Si/c1-6-8-12(10-11-16(3,4)5)15-13(14)9-7-2/h6-7,9,12H,1,8H2,2-5H3/b9-7+/t12-/m0/s1. The van der Waals surface area contributed by atoms with Crippen molar-refractivity contribution in [3.05, 3.63) is 24.8 Å². The molecule has 0 aromatic rings. The van der Waals surface area contributed by atoms with Crippen molar-refractivity contribution >= 4 is 14.0 Å². The highest BCUT2D eigenvalue weighted by Crippen LogP contribution is 2.02. The molecule has 0 unspecified atom stereocenters. The molecule has 0 amide bonds. The molecule has 0 saturated heterocycles. The Hall–Kier alpha value is -1.27. The molecule has 0 rings (SSSR count). The molecule has 2 nitrogen and oxygen atoms in total. The number of hydrogen-bond acceptors (Lipinski definition) is 2. The summed E-state index contributed by atoms with van der Waals surface area (Å²) in [6, 6.07) is 0. The Morgan fingerprint density at radius 2 is 2.12 bits per heavy atom. The zero-order valence-electron chi connectivity index (χ0n) is 10.5. The smallest absolute Gasteiger partial charge is 0.331 e. The van der Waals surface area contributed by atoms with Gasteiger partial charge in [0.1, 0.15) is 8.07 Å². The summed E-state index contributed by atoms with van der Waals surface area (Å²) in [6.45, 7) is 11.9. The summed E-state index contributed by atoms with van der Waals surface area (Å²) in [5.74, 6) is 2.67. The number of carbonyl (C=O) groups is 1. The third kappa shape index (κ3) is 8.07. The minimum absolute atomic E-state index is 0.348. The Kier molecular flexibility index (Phi) is 6.51. The molecule has 0 aromatic heterocycles. The summed E-state index contributed by atoms with van der Waals surface area (Å²) in [6.07, 6.45) is 4.96. The summed E-state index contributed by atoms with van der Waals surface area (Å²) in [4.78, 5) is 11.3. The van der Waals surface area contributed by atoms with E-state index < -0.39 is 8.07 Å². The van der Waals surface area contributed by atoms with E-state index in [1.54, 1.807) is 19.1 Å². The molecule has 0 spiro atoms. The van der Waals surface area contributed by atoms with Crippen LogP contribution in [0.25, 0.3) is 0 Å². The molecule has 0 heterocycles. The van der Waals surface area contributed by atoms with Crippen LogP contribution in [0.1, 0.15) is 13.3 Å². The maximum atomic E-state index is 11.3. The summed E-state index contributed by atoms with van der Waals surface area (Å²) >= 11 is 0. The van der Waals surface area contributed by atoms with Crippen LogP contribution in [-0.4, -0.2) is 20.1 Å². The van der Waals surface area contributed by atoms with Gasteiger partial charge in [-0.2, -0.15) is 0 Å². The predicted molar refractivity (Wildman–Crippen MR) is 70.6 cm³/mol. The van der Waals surface area contributed by atoms with Gasteiger partial charge in [-0.1, -0.05) is 37.7 Å². The fraction of sp³-hybridized carbons (Fsp3) is 0.462. The first-order valence-electron chi connectivity index (χ1n) is 5.36. The van der Waals surface area contributed by atoms with Gasteiger partial charge in [0, 0.05) is 12.5 Å². The minimum atomic E-state index is -1.42. The van der Waals surface area contributed by atoms with Gasteiger partial charge in [0.15, 0.2) is 6.10 Å². The van der Waals surface area contributed by atoms with Crippen molar-refractivity contribution in [2.45, 2.75) is 39.1 Å². The first-order chi connectivity index (χ1) is 7.39. The normalized spacial score (nSPS) is 12.8. The molecule has 3 heteroatoms. The lowest BCUT2D eigenvalue weighted by Gasteiger charge is -2.10. The third-order valence-electron chi connectivity index (χ3n) is 1.55. The molecule has 0 N–H and O–H groups in total. The zero-order valence-corrected chi connectivity index (χ0v) is 11.5. The van der Waals surface area contributed by atoms with E-state index in [-0.39, 0.29) is 12.1 Å². The lowest BCUT2D eigenvalue weighted by molar-refractivity contribution is -0.140. The van der Waals surface area contributed by atoms with Gasteiger partial charge >= 0.3 is 5.97 Å². The van der Waals surface area contributed by atoms with E-state index in [1.807, 2.05) is 0 Å². The van der Waals surface area contributed by atoms with E-state index in [1.165, 1.54) is 6.08 Å². The van der Waals surface area contributed by atoms with E-state index in [4.69, 9.17) is 4.74 Å². The molecule has 0 fully saturated rings. The molecule has 0 aliphatic rings. The van der Waals surface area contributed by atoms with Gasteiger partial charge in [-0.3, -0.25) is 0 Å². The van der Waals surface area contributed by atoms with Crippen LogP contribution in [0, 0.1) is 11.5 Å². The number of esters is 1. The van der Waals surface area contributed by atoms with E-state index in [2.05, 4.69) is 37.7 Å². The zero-order chi connectivity index (χ0) is 12.6. The Bertz CT molecular complexity index is 326. The van der Waals surface area contributed by atoms with E-state index >= 15 is 0 Å². The van der Waals surface area contributed by atoms with Crippen molar-refractivity contribution < 1.29 is 9.53 Å². The van der Waals surface area contributed by atoms with Crippen LogP contribution in [0.15, 0.2) is 24.8 Å². The largest absolute Gasteiger partial charge is 0.446 e. The van der Waals surface area contributed by atoms with Crippen molar-refractivity contribution in [2.75, 3.05) is 0 Å². The number of allylic oxidation sites excluding steroid dienone is 1. The molecular formula is C13H20O2Si. The number of rotatable bonds is 4. The van der Waals surface area contributed by atoms with Crippen molar-refractivity contribution in [1.29, 1.82) is 0 Å².